The molecule has 1 aromatic carbocycles. The second kappa shape index (κ2) is 6.11. The standard InChI is InChI=1S/C16H20BrNO2/c1-11(2)13-8-12(17)9-14(15(13)20-3)16(18-10-19)6-4-5-7-16/h8-9,11H,4-7H2,1-3H3. The first-order valence-electron chi connectivity index (χ1n) is 7.01. The van der Waals surface area contributed by atoms with Crippen LogP contribution >= 0.6 is 15.9 Å². The molecule has 0 saturated heterocycles. The number of benzene rings is 1. The largest absolute Gasteiger partial charge is 0.496 e. The Morgan fingerprint density at radius 2 is 2.00 bits per heavy atom. The molecule has 1 saturated carbocycles. The molecule has 3 nitrogen and oxygen atoms in total. The highest BCUT2D eigenvalue weighted by Gasteiger charge is 2.39. The fourth-order valence-electron chi connectivity index (χ4n) is 3.11. The summed E-state index contributed by atoms with van der Waals surface area (Å²) in [7, 11) is 1.69. The number of halogens is 1. The van der Waals surface area contributed by atoms with E-state index in [1.165, 1.54) is 0 Å². The maximum Gasteiger partial charge on any atom is 0.235 e. The lowest BCUT2D eigenvalue weighted by Gasteiger charge is -2.27. The van der Waals surface area contributed by atoms with Crippen LogP contribution in [0.15, 0.2) is 21.6 Å². The molecule has 2 rings (SSSR count). The maximum atomic E-state index is 10.9. The van der Waals surface area contributed by atoms with Crippen LogP contribution in [0.4, 0.5) is 0 Å². The van der Waals surface area contributed by atoms with Gasteiger partial charge in [-0.2, -0.15) is 4.99 Å². The summed E-state index contributed by atoms with van der Waals surface area (Å²) >= 11 is 3.57. The Balaban J connectivity index is 2.68. The van der Waals surface area contributed by atoms with E-state index < -0.39 is 5.54 Å². The molecule has 20 heavy (non-hydrogen) atoms. The molecule has 0 amide bonds. The zero-order chi connectivity index (χ0) is 14.8. The normalized spacial score (nSPS) is 17.1. The number of aliphatic imine (C=N–C) groups is 1. The zero-order valence-electron chi connectivity index (χ0n) is 12.2. The van der Waals surface area contributed by atoms with E-state index in [9.17, 15) is 4.79 Å². The number of carbonyl (C=O) groups excluding carboxylic acids is 1. The second-order valence-electron chi connectivity index (χ2n) is 5.67. The topological polar surface area (TPSA) is 38.7 Å². The predicted molar refractivity (Wildman–Crippen MR) is 83.1 cm³/mol. The Hall–Kier alpha value is -1.12. The third-order valence-electron chi connectivity index (χ3n) is 4.10. The molecule has 0 heterocycles. The Kier molecular flexibility index (Phi) is 4.66. The van der Waals surface area contributed by atoms with Crippen LogP contribution < -0.4 is 4.74 Å². The number of ether oxygens (including phenoxy) is 1. The van der Waals surface area contributed by atoms with Gasteiger partial charge in [-0.1, -0.05) is 42.6 Å². The molecule has 0 bridgehead atoms. The van der Waals surface area contributed by atoms with E-state index in [4.69, 9.17) is 4.74 Å². The Bertz CT molecular complexity index is 542. The van der Waals surface area contributed by atoms with Crippen LogP contribution in [-0.4, -0.2) is 13.2 Å². The minimum Gasteiger partial charge on any atom is -0.496 e. The van der Waals surface area contributed by atoms with Crippen molar-refractivity contribution < 1.29 is 9.53 Å². The van der Waals surface area contributed by atoms with Crippen molar-refractivity contribution in [2.24, 2.45) is 4.99 Å². The van der Waals surface area contributed by atoms with E-state index in [0.717, 1.165) is 47.0 Å². The first-order valence-corrected chi connectivity index (χ1v) is 7.80. The number of nitrogens with zero attached hydrogens (tertiary/aromatic N) is 1. The minimum atomic E-state index is -0.458. The SMILES string of the molecule is COc1c(C(C)C)cc(Br)cc1C1(N=C=O)CCCC1. The van der Waals surface area contributed by atoms with Gasteiger partial charge in [0.1, 0.15) is 11.3 Å². The Labute approximate surface area is 128 Å². The van der Waals surface area contributed by atoms with Gasteiger partial charge in [0.25, 0.3) is 0 Å². The molecule has 0 spiro atoms. The smallest absolute Gasteiger partial charge is 0.235 e. The van der Waals surface area contributed by atoms with Gasteiger partial charge in [-0.15, -0.1) is 0 Å². The molecule has 0 aromatic heterocycles. The summed E-state index contributed by atoms with van der Waals surface area (Å²) in [6.07, 6.45) is 5.70. The van der Waals surface area contributed by atoms with Gasteiger partial charge in [-0.3, -0.25) is 0 Å². The van der Waals surface area contributed by atoms with Gasteiger partial charge in [-0.05, 0) is 36.5 Å². The molecular weight excluding hydrogens is 318 g/mol. The quantitative estimate of drug-likeness (QED) is 0.590. The maximum absolute atomic E-state index is 10.9. The van der Waals surface area contributed by atoms with E-state index >= 15 is 0 Å². The van der Waals surface area contributed by atoms with Gasteiger partial charge in [0.2, 0.25) is 6.08 Å². The van der Waals surface area contributed by atoms with Crippen molar-refractivity contribution in [2.45, 2.75) is 51.0 Å². The molecule has 0 radical (unpaired) electrons. The highest BCUT2D eigenvalue weighted by molar-refractivity contribution is 9.10. The van der Waals surface area contributed by atoms with Gasteiger partial charge in [0, 0.05) is 10.0 Å². The summed E-state index contributed by atoms with van der Waals surface area (Å²) in [4.78, 5) is 15.1. The van der Waals surface area contributed by atoms with Crippen LogP contribution in [0.2, 0.25) is 0 Å². The van der Waals surface area contributed by atoms with Crippen LogP contribution in [0.3, 0.4) is 0 Å². The number of hydrogen-bond acceptors (Lipinski definition) is 3. The van der Waals surface area contributed by atoms with Crippen LogP contribution in [-0.2, 0) is 10.3 Å². The van der Waals surface area contributed by atoms with Crippen molar-refractivity contribution in [3.05, 3.63) is 27.7 Å². The first-order chi connectivity index (χ1) is 9.54. The molecule has 1 aliphatic rings. The average Bonchev–Trinajstić information content (AvgIpc) is 2.87. The molecule has 108 valence electrons. The van der Waals surface area contributed by atoms with Crippen molar-refractivity contribution in [2.75, 3.05) is 7.11 Å². The zero-order valence-corrected chi connectivity index (χ0v) is 13.8. The summed E-state index contributed by atoms with van der Waals surface area (Å²) in [5.74, 6) is 1.21. The van der Waals surface area contributed by atoms with E-state index in [0.29, 0.717) is 5.92 Å². The van der Waals surface area contributed by atoms with Gasteiger partial charge in [0.15, 0.2) is 0 Å². The second-order valence-corrected chi connectivity index (χ2v) is 6.59. The fraction of sp³-hybridized carbons (Fsp3) is 0.562. The third-order valence-corrected chi connectivity index (χ3v) is 4.56. The number of rotatable bonds is 4. The summed E-state index contributed by atoms with van der Waals surface area (Å²) in [6.45, 7) is 4.27. The summed E-state index contributed by atoms with van der Waals surface area (Å²) in [5.41, 5.74) is 1.70. The van der Waals surface area contributed by atoms with Gasteiger partial charge >= 0.3 is 0 Å². The summed E-state index contributed by atoms with van der Waals surface area (Å²) in [5, 5.41) is 0. The molecule has 1 aromatic rings. The predicted octanol–water partition coefficient (Wildman–Crippen LogP) is 4.69. The Morgan fingerprint density at radius 3 is 2.50 bits per heavy atom. The highest BCUT2D eigenvalue weighted by atomic mass is 79.9. The van der Waals surface area contributed by atoms with E-state index in [2.05, 4.69) is 40.8 Å². The first kappa shape index (κ1) is 15.3. The van der Waals surface area contributed by atoms with Crippen LogP contribution in [0.5, 0.6) is 5.75 Å². The highest BCUT2D eigenvalue weighted by Crippen LogP contribution is 2.48. The molecule has 0 atom stereocenters. The van der Waals surface area contributed by atoms with E-state index in [1.807, 2.05) is 6.07 Å². The molecule has 0 aliphatic heterocycles. The van der Waals surface area contributed by atoms with Crippen LogP contribution in [0.25, 0.3) is 0 Å². The fourth-order valence-corrected chi connectivity index (χ4v) is 3.58. The lowest BCUT2D eigenvalue weighted by atomic mass is 9.85. The lowest BCUT2D eigenvalue weighted by Crippen LogP contribution is -2.21. The molecule has 1 aliphatic carbocycles. The van der Waals surface area contributed by atoms with Crippen molar-refractivity contribution in [1.82, 2.24) is 0 Å². The number of hydrogen-bond donors (Lipinski definition) is 0. The van der Waals surface area contributed by atoms with Crippen molar-refractivity contribution in [3.63, 3.8) is 0 Å². The third kappa shape index (κ3) is 2.68. The molecule has 4 heteroatoms. The van der Waals surface area contributed by atoms with Gasteiger partial charge in [-0.25, -0.2) is 4.79 Å². The van der Waals surface area contributed by atoms with E-state index in [-0.39, 0.29) is 0 Å². The molecular formula is C16H20BrNO2. The molecule has 0 N–H and O–H groups in total. The monoisotopic (exact) mass is 337 g/mol. The van der Waals surface area contributed by atoms with Crippen LogP contribution in [0.1, 0.15) is 56.6 Å². The van der Waals surface area contributed by atoms with E-state index in [1.54, 1.807) is 13.2 Å². The van der Waals surface area contributed by atoms with Crippen molar-refractivity contribution >= 4 is 22.0 Å². The van der Waals surface area contributed by atoms with Crippen LogP contribution in [0, 0.1) is 0 Å². The molecule has 1 fully saturated rings. The Morgan fingerprint density at radius 1 is 1.35 bits per heavy atom. The average molecular weight is 338 g/mol. The van der Waals surface area contributed by atoms with Crippen molar-refractivity contribution in [1.29, 1.82) is 0 Å². The number of isocyanates is 1. The summed E-state index contributed by atoms with van der Waals surface area (Å²) < 4.78 is 6.67. The number of methoxy groups -OCH3 is 1. The minimum absolute atomic E-state index is 0.347. The lowest BCUT2D eigenvalue weighted by molar-refractivity contribution is 0.373. The van der Waals surface area contributed by atoms with Gasteiger partial charge < -0.3 is 4.74 Å². The van der Waals surface area contributed by atoms with Crippen molar-refractivity contribution in [3.8, 4) is 5.75 Å². The summed E-state index contributed by atoms with van der Waals surface area (Å²) in [6, 6.07) is 4.12. The van der Waals surface area contributed by atoms with Gasteiger partial charge in [0.05, 0.1) is 7.11 Å². The molecule has 0 unspecified atom stereocenters.